The fraction of sp³-hybridized carbons (Fsp3) is 0.300. The smallest absolute Gasteiger partial charge is 0.299 e. The van der Waals surface area contributed by atoms with Gasteiger partial charge in [0.2, 0.25) is 5.70 Å². The Bertz CT molecular complexity index is 1480. The minimum atomic E-state index is -0.245. The third-order valence-corrected chi connectivity index (χ3v) is 7.14. The van der Waals surface area contributed by atoms with Gasteiger partial charge in [0, 0.05) is 18.3 Å². The lowest BCUT2D eigenvalue weighted by Crippen LogP contribution is -2.53. The van der Waals surface area contributed by atoms with Crippen molar-refractivity contribution in [1.29, 1.82) is 0 Å². The summed E-state index contributed by atoms with van der Waals surface area (Å²) in [5.74, 6) is 13.0. The fourth-order valence-electron chi connectivity index (χ4n) is 5.23. The van der Waals surface area contributed by atoms with Crippen LogP contribution >= 0.6 is 0 Å². The molecule has 2 aromatic rings. The number of quaternary nitrogens is 1. The van der Waals surface area contributed by atoms with Crippen molar-refractivity contribution >= 4 is 29.7 Å². The number of hydrogen-bond acceptors (Lipinski definition) is 6. The molecule has 4 heterocycles. The number of piperidine rings is 1. The molecule has 0 aliphatic carbocycles. The molecule has 2 unspecified atom stereocenters. The molecule has 1 fully saturated rings. The predicted octanol–water partition coefficient (Wildman–Crippen LogP) is 3.91. The number of amidine groups is 1. The molecule has 1 saturated heterocycles. The molecule has 3 aliphatic rings. The van der Waals surface area contributed by atoms with E-state index in [4.69, 9.17) is 10.8 Å². The predicted molar refractivity (Wildman–Crippen MR) is 151 cm³/mol. The Balaban J connectivity index is 1.42. The number of anilines is 1. The first kappa shape index (κ1) is 26.2. The summed E-state index contributed by atoms with van der Waals surface area (Å²) >= 11 is 0. The van der Waals surface area contributed by atoms with Crippen molar-refractivity contribution in [2.75, 3.05) is 11.9 Å². The van der Waals surface area contributed by atoms with E-state index >= 15 is 0 Å². The lowest BCUT2D eigenvalue weighted by molar-refractivity contribution is -0.750. The average Bonchev–Trinajstić information content (AvgIpc) is 3.26. The number of carbonyl (C=O) groups excluding carboxylic acids is 2. The summed E-state index contributed by atoms with van der Waals surface area (Å²) in [7, 11) is 0. The van der Waals surface area contributed by atoms with Gasteiger partial charge in [-0.3, -0.25) is 14.6 Å². The van der Waals surface area contributed by atoms with Gasteiger partial charge >= 0.3 is 0 Å². The Hall–Kier alpha value is -4.39. The number of fused-ring (bicyclic) bond motifs is 1. The van der Waals surface area contributed by atoms with Crippen LogP contribution in [0.25, 0.3) is 0 Å². The molecule has 9 nitrogen and oxygen atoms in total. The van der Waals surface area contributed by atoms with E-state index in [0.29, 0.717) is 23.8 Å². The van der Waals surface area contributed by atoms with Crippen LogP contribution in [0.15, 0.2) is 76.4 Å². The minimum absolute atomic E-state index is 0.156. The number of pyridine rings is 1. The number of nitrogens with zero attached hydrogens (tertiary/aromatic N) is 5. The Labute approximate surface area is 228 Å². The Morgan fingerprint density at radius 2 is 2.03 bits per heavy atom. The third kappa shape index (κ3) is 5.17. The van der Waals surface area contributed by atoms with E-state index in [9.17, 15) is 9.59 Å². The quantitative estimate of drug-likeness (QED) is 0.340. The molecule has 2 atom stereocenters. The van der Waals surface area contributed by atoms with Gasteiger partial charge in [-0.1, -0.05) is 19.3 Å². The van der Waals surface area contributed by atoms with Gasteiger partial charge in [-0.2, -0.15) is 10.8 Å². The highest BCUT2D eigenvalue weighted by molar-refractivity contribution is 6.05. The van der Waals surface area contributed by atoms with Crippen LogP contribution in [0.2, 0.25) is 0 Å². The highest BCUT2D eigenvalue weighted by Gasteiger charge is 2.47. The third-order valence-electron chi connectivity index (χ3n) is 7.14. The Kier molecular flexibility index (Phi) is 7.50. The first-order valence-electron chi connectivity index (χ1n) is 13.3. The first-order valence-corrected chi connectivity index (χ1v) is 13.3. The molecular formula is C30H32N7O2+. The van der Waals surface area contributed by atoms with E-state index in [1.165, 1.54) is 0 Å². The zero-order chi connectivity index (χ0) is 27.4. The number of amides is 2. The lowest BCUT2D eigenvalue weighted by Gasteiger charge is -2.34. The largest absolute Gasteiger partial charge is 0.323 e. The lowest BCUT2D eigenvalue weighted by atomic mass is 9.98. The second kappa shape index (κ2) is 11.2. The highest BCUT2D eigenvalue weighted by atomic mass is 16.2. The van der Waals surface area contributed by atoms with Crippen LogP contribution in [0, 0.1) is 11.8 Å². The van der Waals surface area contributed by atoms with Crippen LogP contribution in [0.1, 0.15) is 61.0 Å². The fourth-order valence-corrected chi connectivity index (χ4v) is 5.23. The van der Waals surface area contributed by atoms with E-state index in [-0.39, 0.29) is 22.4 Å². The number of aromatic nitrogens is 1. The summed E-state index contributed by atoms with van der Waals surface area (Å²) in [5.41, 5.74) is 3.85. The number of allylic oxidation sites excluding steroid dienone is 1. The second-order valence-electron chi connectivity index (χ2n) is 9.78. The number of nitrogens with one attached hydrogen (secondary N) is 1. The highest BCUT2D eigenvalue weighted by Crippen LogP contribution is 2.36. The van der Waals surface area contributed by atoms with E-state index in [1.807, 2.05) is 24.3 Å². The maximum atomic E-state index is 12.9. The molecule has 1 aromatic heterocycles. The van der Waals surface area contributed by atoms with Crippen LogP contribution in [0.4, 0.5) is 5.82 Å². The SMILES string of the molecule is CC#CC(=O)N1CCCCC1C1=C2C=NC=C[N+]2(N)C(c2ccc(C(=O)Nc3cc(CCC)ccn3)cc2)=N1. The zero-order valence-corrected chi connectivity index (χ0v) is 22.2. The second-order valence-corrected chi connectivity index (χ2v) is 9.78. The maximum absolute atomic E-state index is 12.9. The number of nitrogens with two attached hydrogens (primary N) is 1. The van der Waals surface area contributed by atoms with Gasteiger partial charge in [0.25, 0.3) is 17.6 Å². The molecular weight excluding hydrogens is 490 g/mol. The molecule has 3 N–H and O–H groups in total. The summed E-state index contributed by atoms with van der Waals surface area (Å²) in [4.78, 5) is 41.1. The van der Waals surface area contributed by atoms with Crippen molar-refractivity contribution in [1.82, 2.24) is 9.88 Å². The van der Waals surface area contributed by atoms with Gasteiger partial charge in [0.15, 0.2) is 0 Å². The number of benzene rings is 1. The first-order chi connectivity index (χ1) is 18.9. The molecule has 0 spiro atoms. The monoisotopic (exact) mass is 522 g/mol. The van der Waals surface area contributed by atoms with Crippen molar-refractivity contribution in [3.63, 3.8) is 0 Å². The zero-order valence-electron chi connectivity index (χ0n) is 22.2. The van der Waals surface area contributed by atoms with Gasteiger partial charge in [-0.15, -0.1) is 4.59 Å². The van der Waals surface area contributed by atoms with Crippen molar-refractivity contribution < 1.29 is 14.2 Å². The Morgan fingerprint density at radius 3 is 2.79 bits per heavy atom. The van der Waals surface area contributed by atoms with Gasteiger partial charge in [-0.25, -0.2) is 4.98 Å². The number of hydrogen-bond donors (Lipinski definition) is 2. The van der Waals surface area contributed by atoms with E-state index < -0.39 is 0 Å². The Morgan fingerprint density at radius 1 is 1.21 bits per heavy atom. The molecule has 2 amide bonds. The molecule has 0 bridgehead atoms. The number of likely N-dealkylation sites (tertiary alicyclic amines) is 1. The number of aryl methyl sites for hydroxylation is 1. The number of aliphatic imine (C=N–C) groups is 2. The van der Waals surface area contributed by atoms with Gasteiger partial charge in [0.1, 0.15) is 17.7 Å². The van der Waals surface area contributed by atoms with Crippen LogP contribution in [0.3, 0.4) is 0 Å². The van der Waals surface area contributed by atoms with Crippen LogP contribution in [-0.4, -0.2) is 50.9 Å². The molecule has 198 valence electrons. The molecule has 0 saturated carbocycles. The number of rotatable bonds is 6. The molecule has 9 heteroatoms. The van der Waals surface area contributed by atoms with Crippen molar-refractivity contribution in [3.05, 3.63) is 83.1 Å². The summed E-state index contributed by atoms with van der Waals surface area (Å²) in [6, 6.07) is 10.8. The summed E-state index contributed by atoms with van der Waals surface area (Å²) in [6.45, 7) is 4.40. The molecule has 1 aromatic carbocycles. The topological polar surface area (TPSA) is 113 Å². The molecule has 0 radical (unpaired) electrons. The molecule has 3 aliphatic heterocycles. The average molecular weight is 523 g/mol. The van der Waals surface area contributed by atoms with E-state index in [2.05, 4.69) is 34.1 Å². The summed E-state index contributed by atoms with van der Waals surface area (Å²) in [6.07, 6.45) is 11.5. The summed E-state index contributed by atoms with van der Waals surface area (Å²) in [5, 5.41) is 2.88. The molecule has 39 heavy (non-hydrogen) atoms. The van der Waals surface area contributed by atoms with Crippen molar-refractivity contribution in [2.45, 2.75) is 52.0 Å². The molecule has 5 rings (SSSR count). The van der Waals surface area contributed by atoms with Crippen LogP contribution in [0.5, 0.6) is 0 Å². The maximum Gasteiger partial charge on any atom is 0.299 e. The summed E-state index contributed by atoms with van der Waals surface area (Å²) < 4.78 is -0.156. The van der Waals surface area contributed by atoms with Crippen molar-refractivity contribution in [3.8, 4) is 11.8 Å². The normalized spacial score (nSPS) is 21.7. The van der Waals surface area contributed by atoms with Crippen LogP contribution < -0.4 is 11.2 Å². The van der Waals surface area contributed by atoms with Crippen molar-refractivity contribution in [2.24, 2.45) is 15.8 Å². The number of carbonyl (C=O) groups is 2. The van der Waals surface area contributed by atoms with E-state index in [0.717, 1.165) is 54.6 Å². The standard InChI is InChI=1S/C30H31N7O2/c1-3-7-21-14-15-33-26(19-21)34-30(39)23-12-10-22(11-13-23)29-35-28(25-20-32-16-18-37(25,29)31)24-9-5-6-17-36(24)27(38)8-4-2/h10-16,18-20,24H,3,5-7,9,17,31H2,1-2H3/p+1. The van der Waals surface area contributed by atoms with Gasteiger partial charge in [-0.05, 0) is 80.5 Å². The minimum Gasteiger partial charge on any atom is -0.323 e. The van der Waals surface area contributed by atoms with Gasteiger partial charge < -0.3 is 10.2 Å². The van der Waals surface area contributed by atoms with Gasteiger partial charge in [0.05, 0.1) is 24.0 Å². The van der Waals surface area contributed by atoms with E-state index in [1.54, 1.807) is 48.8 Å². The van der Waals surface area contributed by atoms with Crippen LogP contribution in [-0.2, 0) is 11.2 Å².